The van der Waals surface area contributed by atoms with E-state index in [-0.39, 0.29) is 6.10 Å². The highest BCUT2D eigenvalue weighted by atomic mass is 32.2. The van der Waals surface area contributed by atoms with Crippen molar-refractivity contribution in [1.29, 1.82) is 0 Å². The largest absolute Gasteiger partial charge is 0.264 e. The minimum absolute atomic E-state index is 0.303. The molecule has 1 aliphatic carbocycles. The summed E-state index contributed by atoms with van der Waals surface area (Å²) in [5, 5.41) is 0. The van der Waals surface area contributed by atoms with Crippen LogP contribution in [0, 0.1) is 0 Å². The van der Waals surface area contributed by atoms with Gasteiger partial charge in [0.25, 0.3) is 10.1 Å². The van der Waals surface area contributed by atoms with E-state index in [1.54, 1.807) is 0 Å². The smallest absolute Gasteiger partial charge is 0.262 e. The van der Waals surface area contributed by atoms with E-state index in [0.29, 0.717) is 5.92 Å². The van der Waals surface area contributed by atoms with Gasteiger partial charge < -0.3 is 0 Å². The third kappa shape index (κ3) is 2.44. The molecule has 2 atom stereocenters. The van der Waals surface area contributed by atoms with Gasteiger partial charge in [-0.2, -0.15) is 8.42 Å². The summed E-state index contributed by atoms with van der Waals surface area (Å²) >= 11 is 0. The molecule has 0 N–H and O–H groups in total. The molecule has 16 heavy (non-hydrogen) atoms. The number of hydrogen-bond donors (Lipinski definition) is 0. The molecular formula is C12H16O3S. The molecule has 0 aliphatic heterocycles. The molecule has 0 radical (unpaired) electrons. The van der Waals surface area contributed by atoms with E-state index in [4.69, 9.17) is 4.18 Å². The van der Waals surface area contributed by atoms with Crippen LogP contribution in [-0.2, 0) is 14.3 Å². The Morgan fingerprint density at radius 2 is 1.81 bits per heavy atom. The van der Waals surface area contributed by atoms with Gasteiger partial charge in [0, 0.05) is 0 Å². The lowest BCUT2D eigenvalue weighted by atomic mass is 9.82. The molecule has 4 heteroatoms. The van der Waals surface area contributed by atoms with Crippen molar-refractivity contribution in [2.24, 2.45) is 0 Å². The first kappa shape index (κ1) is 11.6. The van der Waals surface area contributed by atoms with Crippen LogP contribution in [0.15, 0.2) is 24.3 Å². The van der Waals surface area contributed by atoms with Crippen molar-refractivity contribution in [2.45, 2.75) is 31.8 Å². The first-order valence-corrected chi connectivity index (χ1v) is 7.26. The maximum absolute atomic E-state index is 11.2. The van der Waals surface area contributed by atoms with Crippen LogP contribution in [0.1, 0.15) is 42.9 Å². The zero-order valence-electron chi connectivity index (χ0n) is 9.51. The molecule has 0 saturated carbocycles. The molecular weight excluding hydrogens is 224 g/mol. The summed E-state index contributed by atoms with van der Waals surface area (Å²) < 4.78 is 27.5. The highest BCUT2D eigenvalue weighted by Crippen LogP contribution is 2.39. The highest BCUT2D eigenvalue weighted by Gasteiger charge is 2.27. The van der Waals surface area contributed by atoms with E-state index in [1.165, 1.54) is 5.56 Å². The lowest BCUT2D eigenvalue weighted by Gasteiger charge is -2.28. The van der Waals surface area contributed by atoms with Gasteiger partial charge in [-0.05, 0) is 29.9 Å². The molecule has 3 nitrogen and oxygen atoms in total. The van der Waals surface area contributed by atoms with Gasteiger partial charge in [-0.15, -0.1) is 0 Å². The van der Waals surface area contributed by atoms with Crippen molar-refractivity contribution in [3.63, 3.8) is 0 Å². The second-order valence-corrected chi connectivity index (χ2v) is 6.00. The van der Waals surface area contributed by atoms with Crippen LogP contribution in [-0.4, -0.2) is 14.7 Å². The van der Waals surface area contributed by atoms with E-state index >= 15 is 0 Å². The molecule has 0 saturated heterocycles. The van der Waals surface area contributed by atoms with Gasteiger partial charge in [0.05, 0.1) is 6.26 Å². The zero-order valence-corrected chi connectivity index (χ0v) is 10.3. The number of hydrogen-bond acceptors (Lipinski definition) is 3. The van der Waals surface area contributed by atoms with E-state index in [9.17, 15) is 8.42 Å². The third-order valence-corrected chi connectivity index (χ3v) is 3.61. The number of fused-ring (bicyclic) bond motifs is 1. The van der Waals surface area contributed by atoms with E-state index in [1.807, 2.05) is 18.2 Å². The Morgan fingerprint density at radius 1 is 1.19 bits per heavy atom. The SMILES string of the molecule is CC1CCC(OS(C)(=O)=O)c2ccccc21. The summed E-state index contributed by atoms with van der Waals surface area (Å²) in [7, 11) is -3.38. The summed E-state index contributed by atoms with van der Waals surface area (Å²) in [5.74, 6) is 0.482. The number of benzene rings is 1. The van der Waals surface area contributed by atoms with Crippen molar-refractivity contribution < 1.29 is 12.6 Å². The van der Waals surface area contributed by atoms with Crippen molar-refractivity contribution in [2.75, 3.05) is 6.26 Å². The molecule has 0 spiro atoms. The Hall–Kier alpha value is -0.870. The van der Waals surface area contributed by atoms with Crippen LogP contribution in [0.4, 0.5) is 0 Å². The normalized spacial score (nSPS) is 25.1. The highest BCUT2D eigenvalue weighted by molar-refractivity contribution is 7.86. The predicted octanol–water partition coefficient (Wildman–Crippen LogP) is 2.60. The predicted molar refractivity (Wildman–Crippen MR) is 62.8 cm³/mol. The standard InChI is InChI=1S/C12H16O3S/c1-9-7-8-12(15-16(2,13)14)11-6-4-3-5-10(9)11/h3-6,9,12H,7-8H2,1-2H3. The van der Waals surface area contributed by atoms with Gasteiger partial charge in [0.15, 0.2) is 0 Å². The molecule has 2 unspecified atom stereocenters. The average Bonchev–Trinajstić information content (AvgIpc) is 2.21. The molecule has 0 fully saturated rings. The molecule has 2 rings (SSSR count). The fourth-order valence-electron chi connectivity index (χ4n) is 2.28. The van der Waals surface area contributed by atoms with Gasteiger partial charge in [-0.1, -0.05) is 31.2 Å². The van der Waals surface area contributed by atoms with E-state index in [2.05, 4.69) is 13.0 Å². The maximum atomic E-state index is 11.2. The molecule has 0 heterocycles. The quantitative estimate of drug-likeness (QED) is 0.746. The molecule has 1 aliphatic rings. The van der Waals surface area contributed by atoms with E-state index < -0.39 is 10.1 Å². The van der Waals surface area contributed by atoms with E-state index in [0.717, 1.165) is 24.7 Å². The average molecular weight is 240 g/mol. The Labute approximate surface area is 96.6 Å². The summed E-state index contributed by atoms with van der Waals surface area (Å²) in [4.78, 5) is 0. The van der Waals surface area contributed by atoms with Crippen molar-refractivity contribution in [1.82, 2.24) is 0 Å². The lowest BCUT2D eigenvalue weighted by Crippen LogP contribution is -2.17. The Morgan fingerprint density at radius 3 is 2.44 bits per heavy atom. The molecule has 0 bridgehead atoms. The monoisotopic (exact) mass is 240 g/mol. The van der Waals surface area contributed by atoms with Gasteiger partial charge in [0.1, 0.15) is 6.10 Å². The first-order valence-electron chi connectivity index (χ1n) is 5.44. The van der Waals surface area contributed by atoms with Crippen molar-refractivity contribution in [3.05, 3.63) is 35.4 Å². The second-order valence-electron chi connectivity index (χ2n) is 4.40. The topological polar surface area (TPSA) is 43.4 Å². The minimum atomic E-state index is -3.38. The summed E-state index contributed by atoms with van der Waals surface area (Å²) in [6, 6.07) is 7.92. The van der Waals surface area contributed by atoms with Crippen LogP contribution >= 0.6 is 0 Å². The van der Waals surface area contributed by atoms with Crippen molar-refractivity contribution in [3.8, 4) is 0 Å². The molecule has 0 aromatic heterocycles. The fraction of sp³-hybridized carbons (Fsp3) is 0.500. The molecule has 88 valence electrons. The van der Waals surface area contributed by atoms with Crippen LogP contribution in [0.25, 0.3) is 0 Å². The Kier molecular flexibility index (Phi) is 3.04. The van der Waals surface area contributed by atoms with Gasteiger partial charge in [0.2, 0.25) is 0 Å². The summed E-state index contributed by atoms with van der Waals surface area (Å²) in [5.41, 5.74) is 2.23. The minimum Gasteiger partial charge on any atom is -0.262 e. The zero-order chi connectivity index (χ0) is 11.8. The van der Waals surface area contributed by atoms with Gasteiger partial charge in [-0.25, -0.2) is 0 Å². The van der Waals surface area contributed by atoms with Crippen LogP contribution in [0.3, 0.4) is 0 Å². The molecule has 1 aromatic carbocycles. The molecule has 0 amide bonds. The molecule has 1 aromatic rings. The van der Waals surface area contributed by atoms with Crippen LogP contribution in [0.5, 0.6) is 0 Å². The third-order valence-electron chi connectivity index (χ3n) is 3.03. The first-order chi connectivity index (χ1) is 7.47. The Balaban J connectivity index is 2.35. The second kappa shape index (κ2) is 4.18. The lowest BCUT2D eigenvalue weighted by molar-refractivity contribution is 0.187. The van der Waals surface area contributed by atoms with Crippen LogP contribution in [0.2, 0.25) is 0 Å². The summed E-state index contributed by atoms with van der Waals surface area (Å²) in [6.45, 7) is 2.16. The number of rotatable bonds is 2. The maximum Gasteiger partial charge on any atom is 0.264 e. The van der Waals surface area contributed by atoms with Crippen LogP contribution < -0.4 is 0 Å². The Bertz CT molecular complexity index is 479. The fourth-order valence-corrected chi connectivity index (χ4v) is 2.90. The van der Waals surface area contributed by atoms with Gasteiger partial charge >= 0.3 is 0 Å². The summed E-state index contributed by atoms with van der Waals surface area (Å²) in [6.07, 6.45) is 2.54. The van der Waals surface area contributed by atoms with Crippen molar-refractivity contribution >= 4 is 10.1 Å². The van der Waals surface area contributed by atoms with Gasteiger partial charge in [-0.3, -0.25) is 4.18 Å².